The van der Waals surface area contributed by atoms with E-state index in [4.69, 9.17) is 4.74 Å². The summed E-state index contributed by atoms with van der Waals surface area (Å²) in [5, 5.41) is 15.4. The Morgan fingerprint density at radius 1 is 1.22 bits per heavy atom. The molecule has 0 saturated heterocycles. The SMILES string of the molecule is CCC(=O)O[C@]1(C(=O)S)CC[C@H]2[C@@H]3CCC4=Cc5c(cnn5-c5ccc(F)c(C(=O)S)c5)C[C@]4(C)[C@H]3[C@@H](O)C[C@@]21C. The number of aliphatic hydroxyl groups is 1. The van der Waals surface area contributed by atoms with E-state index in [2.05, 4.69) is 43.4 Å². The largest absolute Gasteiger partial charge is 0.449 e. The number of thiol groups is 2. The van der Waals surface area contributed by atoms with Crippen molar-refractivity contribution in [3.63, 3.8) is 0 Å². The highest BCUT2D eigenvalue weighted by Crippen LogP contribution is 2.68. The molecule has 4 aliphatic carbocycles. The van der Waals surface area contributed by atoms with Crippen LogP contribution in [0.5, 0.6) is 0 Å². The van der Waals surface area contributed by atoms with Gasteiger partial charge in [-0.15, -0.1) is 25.3 Å². The third kappa shape index (κ3) is 4.03. The molecule has 0 spiro atoms. The summed E-state index contributed by atoms with van der Waals surface area (Å²) < 4.78 is 21.8. The third-order valence-corrected chi connectivity index (χ3v) is 11.5. The van der Waals surface area contributed by atoms with Crippen LogP contribution in [0.3, 0.4) is 0 Å². The van der Waals surface area contributed by atoms with Gasteiger partial charge in [-0.25, -0.2) is 9.07 Å². The highest BCUT2D eigenvalue weighted by molar-refractivity contribution is 7.97. The molecule has 1 heterocycles. The first-order valence-electron chi connectivity index (χ1n) is 14.3. The van der Waals surface area contributed by atoms with Gasteiger partial charge in [0.2, 0.25) is 10.2 Å². The summed E-state index contributed by atoms with van der Waals surface area (Å²) in [4.78, 5) is 37.3. The number of aliphatic hydroxyl groups excluding tert-OH is 1. The zero-order valence-electron chi connectivity index (χ0n) is 23.4. The lowest BCUT2D eigenvalue weighted by Crippen LogP contribution is -2.62. The smallest absolute Gasteiger partial charge is 0.306 e. The number of rotatable bonds is 5. The number of fused-ring (bicyclic) bond motifs is 6. The first-order valence-corrected chi connectivity index (χ1v) is 15.2. The summed E-state index contributed by atoms with van der Waals surface area (Å²) in [6.07, 6.45) is 7.29. The van der Waals surface area contributed by atoms with Crippen LogP contribution in [0.25, 0.3) is 11.8 Å². The van der Waals surface area contributed by atoms with Crippen molar-refractivity contribution < 1.29 is 28.6 Å². The molecule has 218 valence electrons. The molecule has 0 radical (unpaired) electrons. The fourth-order valence-corrected chi connectivity index (χ4v) is 9.60. The number of carbonyl (C=O) groups is 3. The lowest BCUT2D eigenvalue weighted by atomic mass is 9.45. The zero-order chi connectivity index (χ0) is 29.5. The van der Waals surface area contributed by atoms with Gasteiger partial charge >= 0.3 is 5.97 Å². The Hall–Kier alpha value is -2.43. The number of ether oxygens (including phenoxy) is 1. The van der Waals surface area contributed by atoms with Gasteiger partial charge in [-0.05, 0) is 91.5 Å². The van der Waals surface area contributed by atoms with Crippen LogP contribution in [0.15, 0.2) is 30.0 Å². The minimum atomic E-state index is -1.33. The van der Waals surface area contributed by atoms with Crippen molar-refractivity contribution in [2.75, 3.05) is 0 Å². The molecule has 3 fully saturated rings. The fraction of sp³-hybridized carbons (Fsp3) is 0.548. The van der Waals surface area contributed by atoms with Crippen molar-refractivity contribution in [2.45, 2.75) is 77.4 Å². The number of esters is 1. The summed E-state index contributed by atoms with van der Waals surface area (Å²) >= 11 is 8.04. The number of carbonyl (C=O) groups excluding carboxylic acids is 3. The maximum absolute atomic E-state index is 14.2. The maximum Gasteiger partial charge on any atom is 0.306 e. The Balaban J connectivity index is 1.36. The Bertz CT molecular complexity index is 1510. The van der Waals surface area contributed by atoms with Crippen molar-refractivity contribution in [1.82, 2.24) is 9.78 Å². The van der Waals surface area contributed by atoms with Gasteiger partial charge in [0.05, 0.1) is 29.2 Å². The lowest BCUT2D eigenvalue weighted by Gasteiger charge is -2.60. The molecule has 41 heavy (non-hydrogen) atoms. The number of hydrogen-bond donors (Lipinski definition) is 3. The number of allylic oxidation sites excluding steroid dienone is 1. The molecular weight excluding hydrogens is 563 g/mol. The monoisotopic (exact) mass is 598 g/mol. The van der Waals surface area contributed by atoms with Gasteiger partial charge in [-0.3, -0.25) is 14.4 Å². The molecule has 1 aromatic heterocycles. The van der Waals surface area contributed by atoms with Crippen LogP contribution in [-0.4, -0.2) is 42.8 Å². The predicted octanol–water partition coefficient (Wildman–Crippen LogP) is 5.38. The molecule has 0 unspecified atom stereocenters. The van der Waals surface area contributed by atoms with E-state index in [1.165, 1.54) is 17.7 Å². The Morgan fingerprint density at radius 2 is 1.98 bits per heavy atom. The van der Waals surface area contributed by atoms with Crippen LogP contribution in [-0.2, 0) is 20.7 Å². The molecule has 7 nitrogen and oxygen atoms in total. The van der Waals surface area contributed by atoms with Crippen LogP contribution < -0.4 is 0 Å². The Morgan fingerprint density at radius 3 is 2.66 bits per heavy atom. The molecule has 10 heteroatoms. The Kier molecular flexibility index (Phi) is 6.86. The number of aromatic nitrogens is 2. The van der Waals surface area contributed by atoms with Crippen molar-refractivity contribution >= 4 is 47.5 Å². The molecule has 7 atom stereocenters. The Labute approximate surface area is 249 Å². The first kappa shape index (κ1) is 28.7. The van der Waals surface area contributed by atoms with Gasteiger partial charge in [-0.2, -0.15) is 5.10 Å². The van der Waals surface area contributed by atoms with E-state index in [0.29, 0.717) is 24.9 Å². The van der Waals surface area contributed by atoms with Gasteiger partial charge < -0.3 is 9.84 Å². The number of benzene rings is 1. The van der Waals surface area contributed by atoms with Crippen molar-refractivity contribution in [3.05, 3.63) is 52.6 Å². The van der Waals surface area contributed by atoms with Crippen molar-refractivity contribution in [1.29, 1.82) is 0 Å². The summed E-state index contributed by atoms with van der Waals surface area (Å²) in [6.45, 7) is 5.94. The summed E-state index contributed by atoms with van der Waals surface area (Å²) in [6, 6.07) is 4.31. The van der Waals surface area contributed by atoms with Gasteiger partial charge in [0.25, 0.3) is 0 Å². The van der Waals surface area contributed by atoms with E-state index in [-0.39, 0.29) is 35.2 Å². The number of halogens is 1. The van der Waals surface area contributed by atoms with E-state index >= 15 is 0 Å². The first-order chi connectivity index (χ1) is 19.4. The minimum Gasteiger partial charge on any atom is -0.449 e. The molecule has 1 N–H and O–H groups in total. The number of nitrogens with zero attached hydrogens (tertiary/aromatic N) is 2. The summed E-state index contributed by atoms with van der Waals surface area (Å²) in [5.41, 5.74) is 1.25. The standard InChI is InChI=1S/C31H35FN2O5S2/c1-4-25(36)39-31(28(38)41)10-9-21-19-7-5-17-11-23-16(13-29(17,2)26(19)24(35)14-30(21,31)3)15-33-34(23)18-6-8-22(32)20(12-18)27(37)40/h6,8,11-12,15,19,21,24,26,35H,4-5,7,9-10,13-14H2,1-3H3,(H,37,40)(H,38,41)/t19-,21-,24-,26+,29-,30-,31-/m0/s1. The predicted molar refractivity (Wildman–Crippen MR) is 157 cm³/mol. The van der Waals surface area contributed by atoms with Crippen molar-refractivity contribution in [3.8, 4) is 5.69 Å². The molecule has 0 aliphatic heterocycles. The summed E-state index contributed by atoms with van der Waals surface area (Å²) in [5.74, 6) is -0.828. The van der Waals surface area contributed by atoms with Gasteiger partial charge in [0.15, 0.2) is 5.60 Å². The van der Waals surface area contributed by atoms with E-state index < -0.39 is 39.1 Å². The molecule has 3 saturated carbocycles. The molecule has 1 aromatic carbocycles. The van der Waals surface area contributed by atoms with Crippen LogP contribution in [0.1, 0.15) is 80.9 Å². The summed E-state index contributed by atoms with van der Waals surface area (Å²) in [7, 11) is 0. The molecule has 6 rings (SSSR count). The van der Waals surface area contributed by atoms with Crippen LogP contribution in [0.4, 0.5) is 4.39 Å². The topological polar surface area (TPSA) is 98.5 Å². The fourth-order valence-electron chi connectivity index (χ4n) is 9.02. The second-order valence-corrected chi connectivity index (χ2v) is 13.5. The van der Waals surface area contributed by atoms with E-state index in [1.807, 2.05) is 13.1 Å². The van der Waals surface area contributed by atoms with Crippen LogP contribution in [0.2, 0.25) is 0 Å². The van der Waals surface area contributed by atoms with Gasteiger partial charge in [0.1, 0.15) is 5.82 Å². The maximum atomic E-state index is 14.2. The van der Waals surface area contributed by atoms with Crippen LogP contribution >= 0.6 is 25.3 Å². The van der Waals surface area contributed by atoms with Gasteiger partial charge in [0, 0.05) is 11.8 Å². The molecule has 0 amide bonds. The van der Waals surface area contributed by atoms with Gasteiger partial charge in [-0.1, -0.05) is 26.3 Å². The van der Waals surface area contributed by atoms with E-state index in [0.717, 1.165) is 30.5 Å². The quantitative estimate of drug-likeness (QED) is 0.316. The third-order valence-electron chi connectivity index (χ3n) is 10.9. The number of hydrogen-bond acceptors (Lipinski definition) is 6. The molecular formula is C31H35FN2O5S2. The minimum absolute atomic E-state index is 0.0380. The zero-order valence-corrected chi connectivity index (χ0v) is 25.2. The van der Waals surface area contributed by atoms with Crippen molar-refractivity contribution in [2.24, 2.45) is 28.6 Å². The highest BCUT2D eigenvalue weighted by Gasteiger charge is 2.70. The molecule has 0 bridgehead atoms. The second-order valence-electron chi connectivity index (χ2n) is 12.7. The highest BCUT2D eigenvalue weighted by atomic mass is 32.1. The average Bonchev–Trinajstić information content (AvgIpc) is 3.44. The molecule has 4 aliphatic rings. The van der Waals surface area contributed by atoms with E-state index in [1.54, 1.807) is 17.7 Å². The van der Waals surface area contributed by atoms with Crippen LogP contribution in [0, 0.1) is 34.4 Å². The average molecular weight is 599 g/mol. The second kappa shape index (κ2) is 9.81. The van der Waals surface area contributed by atoms with E-state index in [9.17, 15) is 23.9 Å². The lowest BCUT2D eigenvalue weighted by molar-refractivity contribution is -0.196. The molecule has 2 aromatic rings. The normalized spacial score (nSPS) is 35.4.